The van der Waals surface area contributed by atoms with Crippen LogP contribution in [0.4, 0.5) is 0 Å². The Morgan fingerprint density at radius 2 is 2.12 bits per heavy atom. The highest BCUT2D eigenvalue weighted by Gasteiger charge is 2.12. The monoisotopic (exact) mass is 301 g/mol. The van der Waals surface area contributed by atoms with Crippen LogP contribution in [0.5, 0.6) is 5.75 Å². The van der Waals surface area contributed by atoms with Crippen molar-refractivity contribution in [3.63, 3.8) is 0 Å². The van der Waals surface area contributed by atoms with E-state index >= 15 is 0 Å². The average Bonchev–Trinajstić information content (AvgIpc) is 2.28. The van der Waals surface area contributed by atoms with Crippen LogP contribution >= 0.6 is 15.9 Å². The van der Waals surface area contributed by atoms with E-state index in [1.165, 1.54) is 5.56 Å². The van der Waals surface area contributed by atoms with Gasteiger partial charge in [-0.3, -0.25) is 0 Å². The van der Waals surface area contributed by atoms with E-state index in [9.17, 15) is 0 Å². The van der Waals surface area contributed by atoms with Crippen LogP contribution in [0.15, 0.2) is 22.7 Å². The fraction of sp³-hybridized carbons (Fsp3) is 0.538. The maximum absolute atomic E-state index is 8.88. The zero-order chi connectivity index (χ0) is 12.8. The molecule has 1 aromatic carbocycles. The van der Waals surface area contributed by atoms with Crippen molar-refractivity contribution in [1.29, 1.82) is 0 Å². The molecule has 1 rings (SSSR count). The summed E-state index contributed by atoms with van der Waals surface area (Å²) < 4.78 is 6.20. The van der Waals surface area contributed by atoms with Crippen molar-refractivity contribution in [2.75, 3.05) is 13.7 Å². The molecule has 0 aliphatic heterocycles. The first-order chi connectivity index (χ1) is 8.08. The van der Waals surface area contributed by atoms with Crippen LogP contribution in [0, 0.1) is 0 Å². The molecule has 0 amide bonds. The molecule has 0 aliphatic carbocycles. The molecule has 0 aliphatic rings. The molecular formula is C13H20BrNO2. The number of hydrogen-bond donors (Lipinski definition) is 2. The van der Waals surface area contributed by atoms with E-state index in [2.05, 4.69) is 35.1 Å². The van der Waals surface area contributed by atoms with Gasteiger partial charge in [-0.1, -0.05) is 22.0 Å². The number of ether oxygens (including phenoxy) is 1. The lowest BCUT2D eigenvalue weighted by Crippen LogP contribution is -2.29. The normalized spacial score (nSPS) is 14.4. The van der Waals surface area contributed by atoms with Crippen LogP contribution < -0.4 is 10.1 Å². The van der Waals surface area contributed by atoms with Gasteiger partial charge in [-0.2, -0.15) is 0 Å². The van der Waals surface area contributed by atoms with Crippen molar-refractivity contribution in [2.45, 2.75) is 32.4 Å². The van der Waals surface area contributed by atoms with E-state index in [0.717, 1.165) is 16.6 Å². The molecule has 96 valence electrons. The molecule has 0 saturated carbocycles. The second-order valence-corrected chi connectivity index (χ2v) is 5.04. The summed E-state index contributed by atoms with van der Waals surface area (Å²) in [5.41, 5.74) is 1.19. The minimum absolute atomic E-state index is 0.213. The summed E-state index contributed by atoms with van der Waals surface area (Å²) in [6.45, 7) is 4.40. The molecule has 1 aromatic rings. The highest BCUT2D eigenvalue weighted by molar-refractivity contribution is 9.10. The van der Waals surface area contributed by atoms with Crippen molar-refractivity contribution >= 4 is 15.9 Å². The van der Waals surface area contributed by atoms with E-state index in [4.69, 9.17) is 9.84 Å². The Labute approximate surface area is 111 Å². The lowest BCUT2D eigenvalue weighted by atomic mass is 10.1. The van der Waals surface area contributed by atoms with Gasteiger partial charge in [0, 0.05) is 23.2 Å². The Hall–Kier alpha value is -0.580. The lowest BCUT2D eigenvalue weighted by Gasteiger charge is -2.21. The van der Waals surface area contributed by atoms with E-state index < -0.39 is 0 Å². The van der Waals surface area contributed by atoms with Gasteiger partial charge >= 0.3 is 0 Å². The molecule has 2 atom stereocenters. The number of nitrogens with one attached hydrogen (secondary N) is 1. The second kappa shape index (κ2) is 6.99. The van der Waals surface area contributed by atoms with E-state index in [0.29, 0.717) is 6.04 Å². The minimum Gasteiger partial charge on any atom is -0.497 e. The molecule has 4 heteroatoms. The van der Waals surface area contributed by atoms with Gasteiger partial charge in [0.25, 0.3) is 0 Å². The number of aliphatic hydroxyl groups excluding tert-OH is 1. The van der Waals surface area contributed by atoms with Crippen molar-refractivity contribution in [3.8, 4) is 5.75 Å². The molecule has 3 nitrogen and oxygen atoms in total. The third kappa shape index (κ3) is 4.30. The summed E-state index contributed by atoms with van der Waals surface area (Å²) in [6, 6.07) is 6.49. The number of hydrogen-bond acceptors (Lipinski definition) is 3. The van der Waals surface area contributed by atoms with Crippen LogP contribution in [-0.2, 0) is 0 Å². The number of halogens is 1. The Kier molecular flexibility index (Phi) is 5.95. The number of benzene rings is 1. The van der Waals surface area contributed by atoms with Crippen molar-refractivity contribution in [1.82, 2.24) is 5.32 Å². The van der Waals surface area contributed by atoms with E-state index in [1.54, 1.807) is 7.11 Å². The first-order valence-electron chi connectivity index (χ1n) is 5.78. The number of aliphatic hydroxyl groups is 1. The molecule has 17 heavy (non-hydrogen) atoms. The molecule has 0 saturated heterocycles. The standard InChI is InChI=1S/C13H20BrNO2/c1-9(6-7-16)15-10(2)12-5-4-11(17-3)8-13(12)14/h4-5,8-10,15-16H,6-7H2,1-3H3/t9-,10-/m0/s1. The van der Waals surface area contributed by atoms with Crippen LogP contribution in [-0.4, -0.2) is 24.9 Å². The van der Waals surface area contributed by atoms with Gasteiger partial charge in [-0.25, -0.2) is 0 Å². The summed E-state index contributed by atoms with van der Waals surface area (Å²) in [4.78, 5) is 0. The number of rotatable bonds is 6. The van der Waals surface area contributed by atoms with Gasteiger partial charge in [-0.05, 0) is 38.0 Å². The van der Waals surface area contributed by atoms with Gasteiger partial charge in [-0.15, -0.1) is 0 Å². The predicted molar refractivity (Wildman–Crippen MR) is 73.4 cm³/mol. The van der Waals surface area contributed by atoms with Crippen molar-refractivity contribution in [2.24, 2.45) is 0 Å². The van der Waals surface area contributed by atoms with Gasteiger partial charge in [0.1, 0.15) is 5.75 Å². The molecule has 0 bridgehead atoms. The molecule has 0 radical (unpaired) electrons. The molecule has 0 unspecified atom stereocenters. The zero-order valence-electron chi connectivity index (χ0n) is 10.5. The van der Waals surface area contributed by atoms with Crippen LogP contribution in [0.25, 0.3) is 0 Å². The largest absolute Gasteiger partial charge is 0.497 e. The van der Waals surface area contributed by atoms with Crippen LogP contribution in [0.1, 0.15) is 31.9 Å². The minimum atomic E-state index is 0.213. The lowest BCUT2D eigenvalue weighted by molar-refractivity contribution is 0.264. The quantitative estimate of drug-likeness (QED) is 0.849. The Morgan fingerprint density at radius 3 is 2.65 bits per heavy atom. The molecule has 2 N–H and O–H groups in total. The number of methoxy groups -OCH3 is 1. The summed E-state index contributed by atoms with van der Waals surface area (Å²) in [5.74, 6) is 0.844. The van der Waals surface area contributed by atoms with Crippen LogP contribution in [0.2, 0.25) is 0 Å². The summed E-state index contributed by atoms with van der Waals surface area (Å²) in [6.07, 6.45) is 0.762. The maximum atomic E-state index is 8.88. The zero-order valence-corrected chi connectivity index (χ0v) is 12.1. The highest BCUT2D eigenvalue weighted by Crippen LogP contribution is 2.27. The fourth-order valence-electron chi connectivity index (χ4n) is 1.78. The van der Waals surface area contributed by atoms with E-state index in [-0.39, 0.29) is 12.6 Å². The predicted octanol–water partition coefficient (Wildman–Crippen LogP) is 2.88. The van der Waals surface area contributed by atoms with Crippen LogP contribution in [0.3, 0.4) is 0 Å². The van der Waals surface area contributed by atoms with E-state index in [1.807, 2.05) is 18.2 Å². The third-order valence-electron chi connectivity index (χ3n) is 2.77. The van der Waals surface area contributed by atoms with Crippen molar-refractivity contribution in [3.05, 3.63) is 28.2 Å². The third-order valence-corrected chi connectivity index (χ3v) is 3.46. The van der Waals surface area contributed by atoms with Gasteiger partial charge in [0.2, 0.25) is 0 Å². The summed E-state index contributed by atoms with van der Waals surface area (Å²) in [7, 11) is 1.66. The average molecular weight is 302 g/mol. The first kappa shape index (κ1) is 14.5. The summed E-state index contributed by atoms with van der Waals surface area (Å²) in [5, 5.41) is 12.3. The SMILES string of the molecule is COc1ccc([C@H](C)N[C@@H](C)CCO)c(Br)c1. The molecule has 0 fully saturated rings. The van der Waals surface area contributed by atoms with Gasteiger partial charge in [0.15, 0.2) is 0 Å². The molecule has 0 aromatic heterocycles. The molecule has 0 heterocycles. The molecular weight excluding hydrogens is 282 g/mol. The molecule has 0 spiro atoms. The Morgan fingerprint density at radius 1 is 1.41 bits per heavy atom. The highest BCUT2D eigenvalue weighted by atomic mass is 79.9. The smallest absolute Gasteiger partial charge is 0.120 e. The second-order valence-electron chi connectivity index (χ2n) is 4.19. The summed E-state index contributed by atoms with van der Waals surface area (Å²) >= 11 is 3.55. The Balaban J connectivity index is 2.71. The van der Waals surface area contributed by atoms with Gasteiger partial charge in [0.05, 0.1) is 7.11 Å². The fourth-order valence-corrected chi connectivity index (χ4v) is 2.48. The van der Waals surface area contributed by atoms with Crippen molar-refractivity contribution < 1.29 is 9.84 Å². The topological polar surface area (TPSA) is 41.5 Å². The maximum Gasteiger partial charge on any atom is 0.120 e. The first-order valence-corrected chi connectivity index (χ1v) is 6.58. The van der Waals surface area contributed by atoms with Gasteiger partial charge < -0.3 is 15.2 Å². The Bertz CT molecular complexity index is 357.